The fraction of sp³-hybridized carbons (Fsp3) is 0.250. The largest absolute Gasteiger partial charge is 0.504 e. The first-order valence-electron chi connectivity index (χ1n) is 8.55. The van der Waals surface area contributed by atoms with Crippen LogP contribution in [-0.4, -0.2) is 29.9 Å². The molecular formula is C20H21NO7. The number of benzene rings is 2. The molecule has 0 saturated heterocycles. The molecule has 0 aliphatic rings. The summed E-state index contributed by atoms with van der Waals surface area (Å²) < 4.78 is 10.2. The van der Waals surface area contributed by atoms with Gasteiger partial charge in [0.1, 0.15) is 6.61 Å². The fourth-order valence-corrected chi connectivity index (χ4v) is 2.38. The second-order valence-electron chi connectivity index (χ2n) is 5.85. The summed E-state index contributed by atoms with van der Waals surface area (Å²) in [5, 5.41) is 18.8. The van der Waals surface area contributed by atoms with Crippen LogP contribution in [0.15, 0.2) is 48.5 Å². The quantitative estimate of drug-likeness (QED) is 0.219. The first-order valence-corrected chi connectivity index (χ1v) is 8.55. The van der Waals surface area contributed by atoms with Crippen LogP contribution in [0.25, 0.3) is 6.08 Å². The maximum absolute atomic E-state index is 11.8. The van der Waals surface area contributed by atoms with Gasteiger partial charge in [0.2, 0.25) is 0 Å². The topological polar surface area (TPSA) is 108 Å². The molecule has 2 aromatic rings. The smallest absolute Gasteiger partial charge is 0.331 e. The highest BCUT2D eigenvalue weighted by Crippen LogP contribution is 2.26. The lowest BCUT2D eigenvalue weighted by Gasteiger charge is -2.05. The number of hydrogen-bond donors (Lipinski definition) is 1. The van der Waals surface area contributed by atoms with Crippen LogP contribution in [0.4, 0.5) is 0 Å². The average molecular weight is 387 g/mol. The van der Waals surface area contributed by atoms with Gasteiger partial charge in [-0.2, -0.15) is 0 Å². The molecule has 0 aromatic heterocycles. The molecule has 0 fully saturated rings. The lowest BCUT2D eigenvalue weighted by atomic mass is 10.1. The van der Waals surface area contributed by atoms with Gasteiger partial charge in [-0.15, -0.1) is 10.1 Å². The molecule has 2 rings (SSSR count). The summed E-state index contributed by atoms with van der Waals surface area (Å²) in [6.45, 7) is 0.193. The lowest BCUT2D eigenvalue weighted by Crippen LogP contribution is -2.03. The van der Waals surface area contributed by atoms with Crippen molar-refractivity contribution in [3.63, 3.8) is 0 Å². The van der Waals surface area contributed by atoms with Crippen LogP contribution in [0.2, 0.25) is 0 Å². The van der Waals surface area contributed by atoms with Crippen LogP contribution in [0, 0.1) is 10.1 Å². The van der Waals surface area contributed by atoms with E-state index in [0.29, 0.717) is 24.2 Å². The number of phenolic OH excluding ortho intramolecular Hbond substituents is 1. The molecule has 8 nitrogen and oxygen atoms in total. The van der Waals surface area contributed by atoms with Crippen molar-refractivity contribution in [1.82, 2.24) is 0 Å². The Bertz CT molecular complexity index is 831. The minimum absolute atomic E-state index is 0.0241. The van der Waals surface area contributed by atoms with Gasteiger partial charge in [-0.05, 0) is 47.7 Å². The van der Waals surface area contributed by atoms with Crippen molar-refractivity contribution in [2.24, 2.45) is 0 Å². The number of hydrogen-bond acceptors (Lipinski definition) is 7. The number of carbonyl (C=O) groups excluding carboxylic acids is 1. The summed E-state index contributed by atoms with van der Waals surface area (Å²) in [5.74, 6) is -0.149. The van der Waals surface area contributed by atoms with E-state index in [1.54, 1.807) is 18.2 Å². The SMILES string of the molecule is COc1cc(/C=C/C(=O)OCc2ccc(CCCO[N+](=O)[O-])cc2)ccc1O. The number of rotatable bonds is 10. The molecular weight excluding hydrogens is 366 g/mol. The summed E-state index contributed by atoms with van der Waals surface area (Å²) in [6, 6.07) is 12.2. The first kappa shape index (κ1) is 20.8. The third-order valence-corrected chi connectivity index (χ3v) is 3.83. The molecule has 1 N–H and O–H groups in total. The number of aryl methyl sites for hydroxylation is 1. The molecule has 0 unspecified atom stereocenters. The normalized spacial score (nSPS) is 10.6. The van der Waals surface area contributed by atoms with E-state index < -0.39 is 11.1 Å². The van der Waals surface area contributed by atoms with E-state index in [4.69, 9.17) is 9.47 Å². The molecule has 0 spiro atoms. The van der Waals surface area contributed by atoms with Crippen LogP contribution in [-0.2, 0) is 27.4 Å². The maximum atomic E-state index is 11.8. The van der Waals surface area contributed by atoms with E-state index in [-0.39, 0.29) is 19.0 Å². The van der Waals surface area contributed by atoms with Crippen LogP contribution >= 0.6 is 0 Å². The molecule has 8 heteroatoms. The number of carbonyl (C=O) groups is 1. The van der Waals surface area contributed by atoms with Gasteiger partial charge in [-0.25, -0.2) is 4.79 Å². The van der Waals surface area contributed by atoms with Crippen molar-refractivity contribution in [3.05, 3.63) is 75.3 Å². The zero-order valence-corrected chi connectivity index (χ0v) is 15.4. The van der Waals surface area contributed by atoms with E-state index in [0.717, 1.165) is 11.1 Å². The Morgan fingerprint density at radius 3 is 2.57 bits per heavy atom. The Hall–Kier alpha value is -3.55. The van der Waals surface area contributed by atoms with Crippen molar-refractivity contribution in [1.29, 1.82) is 0 Å². The highest BCUT2D eigenvalue weighted by atomic mass is 16.9. The molecule has 0 aliphatic heterocycles. The predicted molar refractivity (Wildman–Crippen MR) is 101 cm³/mol. The summed E-state index contributed by atoms with van der Waals surface area (Å²) in [7, 11) is 1.45. The van der Waals surface area contributed by atoms with Gasteiger partial charge in [-0.1, -0.05) is 30.3 Å². The first-order chi connectivity index (χ1) is 13.5. The summed E-state index contributed by atoms with van der Waals surface area (Å²) in [5.41, 5.74) is 2.54. The molecule has 148 valence electrons. The molecule has 0 amide bonds. The van der Waals surface area contributed by atoms with Gasteiger partial charge in [0.05, 0.1) is 13.7 Å². The van der Waals surface area contributed by atoms with Crippen molar-refractivity contribution >= 4 is 12.0 Å². The van der Waals surface area contributed by atoms with Gasteiger partial charge in [0.25, 0.3) is 5.09 Å². The molecule has 0 atom stereocenters. The van der Waals surface area contributed by atoms with Gasteiger partial charge >= 0.3 is 5.97 Å². The number of nitrogens with zero attached hydrogens (tertiary/aromatic N) is 1. The Balaban J connectivity index is 1.78. The highest BCUT2D eigenvalue weighted by Gasteiger charge is 2.03. The van der Waals surface area contributed by atoms with Crippen LogP contribution in [0.1, 0.15) is 23.1 Å². The summed E-state index contributed by atoms with van der Waals surface area (Å²) in [6.07, 6.45) is 4.07. The zero-order chi connectivity index (χ0) is 20.4. The van der Waals surface area contributed by atoms with Crippen LogP contribution < -0.4 is 4.74 Å². The molecule has 0 bridgehead atoms. The Labute approximate surface area is 162 Å². The van der Waals surface area contributed by atoms with Crippen molar-refractivity contribution < 1.29 is 29.3 Å². The maximum Gasteiger partial charge on any atom is 0.331 e. The van der Waals surface area contributed by atoms with Crippen molar-refractivity contribution in [3.8, 4) is 11.5 Å². The highest BCUT2D eigenvalue weighted by molar-refractivity contribution is 5.87. The van der Waals surface area contributed by atoms with E-state index in [2.05, 4.69) is 4.84 Å². The van der Waals surface area contributed by atoms with Gasteiger partial charge in [-0.3, -0.25) is 0 Å². The Morgan fingerprint density at radius 1 is 1.18 bits per heavy atom. The molecule has 0 aliphatic carbocycles. The number of esters is 1. The predicted octanol–water partition coefficient (Wildman–Crippen LogP) is 3.30. The molecule has 0 radical (unpaired) electrons. The minimum atomic E-state index is -0.802. The third kappa shape index (κ3) is 6.99. The molecule has 0 saturated carbocycles. The number of methoxy groups -OCH3 is 1. The van der Waals surface area contributed by atoms with Gasteiger partial charge < -0.3 is 19.4 Å². The van der Waals surface area contributed by atoms with Crippen LogP contribution in [0.5, 0.6) is 11.5 Å². The van der Waals surface area contributed by atoms with E-state index in [1.807, 2.05) is 24.3 Å². The van der Waals surface area contributed by atoms with Gasteiger partial charge in [0.15, 0.2) is 11.5 Å². The van der Waals surface area contributed by atoms with Crippen LogP contribution in [0.3, 0.4) is 0 Å². The Morgan fingerprint density at radius 2 is 1.89 bits per heavy atom. The molecule has 0 heterocycles. The summed E-state index contributed by atoms with van der Waals surface area (Å²) in [4.78, 5) is 26.2. The second kappa shape index (κ2) is 10.6. The van der Waals surface area contributed by atoms with Crippen molar-refractivity contribution in [2.75, 3.05) is 13.7 Å². The number of ether oxygens (including phenoxy) is 2. The monoisotopic (exact) mass is 387 g/mol. The Kier molecular flexibility index (Phi) is 7.83. The third-order valence-electron chi connectivity index (χ3n) is 3.83. The lowest BCUT2D eigenvalue weighted by molar-refractivity contribution is -0.757. The average Bonchev–Trinajstić information content (AvgIpc) is 2.69. The number of aromatic hydroxyl groups is 1. The summed E-state index contributed by atoms with van der Waals surface area (Å²) >= 11 is 0. The standard InChI is InChI=1S/C20H21NO7/c1-26-19-13-16(8-10-18(19)22)9-11-20(23)27-14-17-6-4-15(5-7-17)3-2-12-28-21(24)25/h4-11,13,22H,2-3,12,14H2,1H3/b11-9+. The second-order valence-corrected chi connectivity index (χ2v) is 5.85. The zero-order valence-electron chi connectivity index (χ0n) is 15.4. The van der Waals surface area contributed by atoms with E-state index in [9.17, 15) is 20.0 Å². The minimum Gasteiger partial charge on any atom is -0.504 e. The van der Waals surface area contributed by atoms with E-state index >= 15 is 0 Å². The fourth-order valence-electron chi connectivity index (χ4n) is 2.38. The van der Waals surface area contributed by atoms with E-state index in [1.165, 1.54) is 19.3 Å². The van der Waals surface area contributed by atoms with Crippen molar-refractivity contribution in [2.45, 2.75) is 19.4 Å². The number of phenols is 1. The van der Waals surface area contributed by atoms with Gasteiger partial charge in [0, 0.05) is 6.08 Å². The molecule has 2 aromatic carbocycles. The molecule has 28 heavy (non-hydrogen) atoms.